The van der Waals surface area contributed by atoms with Gasteiger partial charge in [0.1, 0.15) is 0 Å². The van der Waals surface area contributed by atoms with Crippen LogP contribution in [0.4, 0.5) is 0 Å². The van der Waals surface area contributed by atoms with Crippen LogP contribution in [-0.2, 0) is 0 Å². The van der Waals surface area contributed by atoms with Crippen molar-refractivity contribution in [3.63, 3.8) is 0 Å². The van der Waals surface area contributed by atoms with Crippen molar-refractivity contribution in [3.8, 4) is 0 Å². The van der Waals surface area contributed by atoms with Gasteiger partial charge < -0.3 is 5.32 Å². The minimum atomic E-state index is 0.625. The average molecular weight is 253 g/mol. The predicted molar refractivity (Wildman–Crippen MR) is 82.0 cm³/mol. The second-order valence-electron chi connectivity index (χ2n) is 6.33. The zero-order valence-electron chi connectivity index (χ0n) is 13.1. The van der Waals surface area contributed by atoms with Crippen molar-refractivity contribution in [2.24, 2.45) is 11.3 Å². The van der Waals surface area contributed by atoms with Crippen molar-refractivity contribution in [2.45, 2.75) is 85.0 Å². The molecule has 1 rings (SSSR count). The first kappa shape index (κ1) is 16.0. The van der Waals surface area contributed by atoms with Crippen molar-refractivity contribution < 1.29 is 0 Å². The summed E-state index contributed by atoms with van der Waals surface area (Å²) in [6, 6.07) is 0. The normalized spacial score (nSPS) is 26.2. The fourth-order valence-electron chi connectivity index (χ4n) is 3.85. The van der Waals surface area contributed by atoms with Gasteiger partial charge in [-0.25, -0.2) is 0 Å². The van der Waals surface area contributed by atoms with Crippen molar-refractivity contribution in [1.82, 2.24) is 5.32 Å². The van der Waals surface area contributed by atoms with Gasteiger partial charge in [-0.15, -0.1) is 0 Å². The molecule has 2 atom stereocenters. The van der Waals surface area contributed by atoms with Crippen LogP contribution in [0.15, 0.2) is 0 Å². The van der Waals surface area contributed by atoms with Crippen molar-refractivity contribution in [3.05, 3.63) is 0 Å². The number of unbranched alkanes of at least 4 members (excludes halogenated alkanes) is 3. The number of piperidine rings is 1. The van der Waals surface area contributed by atoms with Crippen LogP contribution >= 0.6 is 0 Å². The van der Waals surface area contributed by atoms with E-state index < -0.39 is 0 Å². The van der Waals surface area contributed by atoms with E-state index in [1.165, 1.54) is 77.3 Å². The zero-order valence-corrected chi connectivity index (χ0v) is 13.1. The van der Waals surface area contributed by atoms with E-state index in [0.717, 1.165) is 5.92 Å². The molecule has 0 bridgehead atoms. The summed E-state index contributed by atoms with van der Waals surface area (Å²) in [7, 11) is 0. The van der Waals surface area contributed by atoms with Crippen molar-refractivity contribution in [1.29, 1.82) is 0 Å². The fourth-order valence-corrected chi connectivity index (χ4v) is 3.85. The van der Waals surface area contributed by atoms with Gasteiger partial charge >= 0.3 is 0 Å². The number of rotatable bonds is 9. The Morgan fingerprint density at radius 1 is 1.00 bits per heavy atom. The molecule has 0 saturated carbocycles. The second-order valence-corrected chi connectivity index (χ2v) is 6.33. The molecule has 0 spiro atoms. The van der Waals surface area contributed by atoms with Gasteiger partial charge in [-0.2, -0.15) is 0 Å². The third kappa shape index (κ3) is 4.57. The number of hydrogen-bond acceptors (Lipinski definition) is 1. The molecule has 1 saturated heterocycles. The molecular weight excluding hydrogens is 218 g/mol. The Balaban J connectivity index is 2.50. The van der Waals surface area contributed by atoms with E-state index >= 15 is 0 Å². The van der Waals surface area contributed by atoms with Gasteiger partial charge in [-0.3, -0.25) is 0 Å². The Labute approximate surface area is 115 Å². The highest BCUT2D eigenvalue weighted by atomic mass is 14.9. The van der Waals surface area contributed by atoms with Crippen molar-refractivity contribution in [2.75, 3.05) is 13.1 Å². The third-order valence-corrected chi connectivity index (χ3v) is 5.12. The first-order valence-corrected chi connectivity index (χ1v) is 8.49. The summed E-state index contributed by atoms with van der Waals surface area (Å²) in [6.45, 7) is 9.61. The van der Waals surface area contributed by atoms with Crippen LogP contribution < -0.4 is 5.32 Å². The second kappa shape index (κ2) is 8.96. The van der Waals surface area contributed by atoms with E-state index in [1.807, 2.05) is 0 Å². The number of hydrogen-bond donors (Lipinski definition) is 1. The highest BCUT2D eigenvalue weighted by Crippen LogP contribution is 2.42. The van der Waals surface area contributed by atoms with Crippen LogP contribution in [0.1, 0.15) is 85.0 Å². The maximum absolute atomic E-state index is 3.67. The van der Waals surface area contributed by atoms with Crippen LogP contribution in [0.2, 0.25) is 0 Å². The standard InChI is InChI=1S/C17H35N/c1-4-7-8-9-12-16(11-5-2)17(6-3)13-10-14-18-15-17/h16,18H,4-15H2,1-3H3. The minimum absolute atomic E-state index is 0.625. The Kier molecular flexibility index (Phi) is 7.97. The maximum atomic E-state index is 3.67. The third-order valence-electron chi connectivity index (χ3n) is 5.12. The summed E-state index contributed by atoms with van der Waals surface area (Å²) in [5.41, 5.74) is 0.625. The first-order chi connectivity index (χ1) is 8.79. The van der Waals surface area contributed by atoms with Crippen LogP contribution in [0.3, 0.4) is 0 Å². The van der Waals surface area contributed by atoms with Crippen LogP contribution in [-0.4, -0.2) is 13.1 Å². The van der Waals surface area contributed by atoms with E-state index in [-0.39, 0.29) is 0 Å². The molecule has 0 amide bonds. The molecule has 108 valence electrons. The summed E-state index contributed by atoms with van der Waals surface area (Å²) in [6.07, 6.45) is 14.2. The SMILES string of the molecule is CCCCCCC(CCC)C1(CC)CCCNC1. The molecule has 1 aliphatic rings. The molecule has 0 aromatic heterocycles. The summed E-state index contributed by atoms with van der Waals surface area (Å²) in [5, 5.41) is 3.67. The van der Waals surface area contributed by atoms with E-state index in [4.69, 9.17) is 0 Å². The fraction of sp³-hybridized carbons (Fsp3) is 1.00. The van der Waals surface area contributed by atoms with Gasteiger partial charge in [0, 0.05) is 6.54 Å². The molecule has 0 aliphatic carbocycles. The van der Waals surface area contributed by atoms with Crippen LogP contribution in [0, 0.1) is 11.3 Å². The Bertz CT molecular complexity index is 194. The minimum Gasteiger partial charge on any atom is -0.316 e. The molecule has 0 aromatic rings. The molecule has 18 heavy (non-hydrogen) atoms. The van der Waals surface area contributed by atoms with Gasteiger partial charge in [0.15, 0.2) is 0 Å². The molecule has 1 fully saturated rings. The van der Waals surface area contributed by atoms with E-state index in [1.54, 1.807) is 0 Å². The van der Waals surface area contributed by atoms with Crippen LogP contribution in [0.5, 0.6) is 0 Å². The van der Waals surface area contributed by atoms with Gasteiger partial charge in [0.25, 0.3) is 0 Å². The summed E-state index contributed by atoms with van der Waals surface area (Å²) >= 11 is 0. The molecule has 1 N–H and O–H groups in total. The molecule has 1 aliphatic heterocycles. The van der Waals surface area contributed by atoms with E-state index in [9.17, 15) is 0 Å². The zero-order chi connectivity index (χ0) is 13.3. The molecule has 1 nitrogen and oxygen atoms in total. The monoisotopic (exact) mass is 253 g/mol. The Morgan fingerprint density at radius 2 is 1.83 bits per heavy atom. The first-order valence-electron chi connectivity index (χ1n) is 8.49. The summed E-state index contributed by atoms with van der Waals surface area (Å²) in [5.74, 6) is 0.970. The molecule has 1 heteroatoms. The highest BCUT2D eigenvalue weighted by molar-refractivity contribution is 4.90. The number of nitrogens with one attached hydrogen (secondary N) is 1. The smallest absolute Gasteiger partial charge is 0.00104 e. The predicted octanol–water partition coefficient (Wildman–Crippen LogP) is 5.15. The molecule has 0 radical (unpaired) electrons. The lowest BCUT2D eigenvalue weighted by molar-refractivity contribution is 0.0891. The van der Waals surface area contributed by atoms with E-state index in [0.29, 0.717) is 5.41 Å². The molecule has 0 aromatic carbocycles. The average Bonchev–Trinajstić information content (AvgIpc) is 2.43. The van der Waals surface area contributed by atoms with Gasteiger partial charge in [-0.1, -0.05) is 59.3 Å². The molecular formula is C17H35N. The van der Waals surface area contributed by atoms with Gasteiger partial charge in [0.05, 0.1) is 0 Å². The van der Waals surface area contributed by atoms with Crippen LogP contribution in [0.25, 0.3) is 0 Å². The highest BCUT2D eigenvalue weighted by Gasteiger charge is 2.37. The largest absolute Gasteiger partial charge is 0.316 e. The lowest BCUT2D eigenvalue weighted by Crippen LogP contribution is -2.44. The molecule has 1 heterocycles. The Morgan fingerprint density at radius 3 is 2.39 bits per heavy atom. The quantitative estimate of drug-likeness (QED) is 0.560. The maximum Gasteiger partial charge on any atom is 0.00104 e. The summed E-state index contributed by atoms with van der Waals surface area (Å²) < 4.78 is 0. The van der Waals surface area contributed by atoms with Gasteiger partial charge in [0.2, 0.25) is 0 Å². The summed E-state index contributed by atoms with van der Waals surface area (Å²) in [4.78, 5) is 0. The lowest BCUT2D eigenvalue weighted by atomic mass is 9.65. The van der Waals surface area contributed by atoms with E-state index in [2.05, 4.69) is 26.1 Å². The van der Waals surface area contributed by atoms with Gasteiger partial charge in [-0.05, 0) is 43.6 Å². The Hall–Kier alpha value is -0.0400. The lowest BCUT2D eigenvalue weighted by Gasteiger charge is -2.44. The molecule has 2 unspecified atom stereocenters. The van der Waals surface area contributed by atoms with Crippen molar-refractivity contribution >= 4 is 0 Å². The topological polar surface area (TPSA) is 12.0 Å².